The Morgan fingerprint density at radius 1 is 1.18 bits per heavy atom. The number of aryl methyl sites for hydroxylation is 1. The number of benzene rings is 2. The lowest BCUT2D eigenvalue weighted by molar-refractivity contribution is 0.158. The Morgan fingerprint density at radius 3 is 2.61 bits per heavy atom. The Hall–Kier alpha value is -4.18. The maximum absolute atomic E-state index is 12.6. The molecule has 2 heterocycles. The first-order valence-corrected chi connectivity index (χ1v) is 10.4. The van der Waals surface area contributed by atoms with Crippen LogP contribution in [0.1, 0.15) is 24.2 Å². The minimum atomic E-state index is -0.907. The zero-order valence-electron chi connectivity index (χ0n) is 18.2. The average Bonchev–Trinajstić information content (AvgIpc) is 3.18. The van der Waals surface area contributed by atoms with E-state index in [-0.39, 0.29) is 23.7 Å². The third-order valence-corrected chi connectivity index (χ3v) is 5.12. The Labute approximate surface area is 188 Å². The molecule has 10 nitrogen and oxygen atoms in total. The number of aromatic amines is 1. The molecule has 0 fully saturated rings. The third kappa shape index (κ3) is 4.70. The molecule has 0 aliphatic carbocycles. The quantitative estimate of drug-likeness (QED) is 0.280. The summed E-state index contributed by atoms with van der Waals surface area (Å²) in [6.07, 6.45) is 0.687. The first kappa shape index (κ1) is 22.0. The van der Waals surface area contributed by atoms with Gasteiger partial charge in [0, 0.05) is 7.05 Å². The predicted molar refractivity (Wildman–Crippen MR) is 126 cm³/mol. The van der Waals surface area contributed by atoms with Crippen LogP contribution in [0.3, 0.4) is 0 Å². The number of H-pyrrole nitrogens is 1. The fourth-order valence-electron chi connectivity index (χ4n) is 3.43. The molecule has 0 bridgehead atoms. The molecule has 1 unspecified atom stereocenters. The van der Waals surface area contributed by atoms with E-state index in [1.807, 2.05) is 49.4 Å². The number of nitrogens with zero attached hydrogens (tertiary/aromatic N) is 4. The zero-order valence-corrected chi connectivity index (χ0v) is 18.2. The molecule has 0 aliphatic heterocycles. The third-order valence-electron chi connectivity index (χ3n) is 5.12. The molecule has 0 radical (unpaired) electrons. The topological polar surface area (TPSA) is 127 Å². The summed E-state index contributed by atoms with van der Waals surface area (Å²) in [5.74, 6) is 0.980. The van der Waals surface area contributed by atoms with E-state index in [9.17, 15) is 14.7 Å². The minimum Gasteiger partial charge on any atom is -0.494 e. The van der Waals surface area contributed by atoms with E-state index in [0.29, 0.717) is 12.2 Å². The number of hydrogen-bond acceptors (Lipinski definition) is 7. The van der Waals surface area contributed by atoms with Crippen LogP contribution >= 0.6 is 0 Å². The lowest BCUT2D eigenvalue weighted by Crippen LogP contribution is -2.29. The van der Waals surface area contributed by atoms with Crippen molar-refractivity contribution in [1.29, 1.82) is 0 Å². The molecular formula is C23H24N6O4. The van der Waals surface area contributed by atoms with Crippen molar-refractivity contribution >= 4 is 23.3 Å². The number of rotatable bonds is 8. The molecule has 2 aromatic carbocycles. The fourth-order valence-corrected chi connectivity index (χ4v) is 3.43. The number of hydrazone groups is 1. The molecule has 0 aliphatic rings. The molecule has 3 N–H and O–H groups in total. The molecule has 33 heavy (non-hydrogen) atoms. The number of nitrogens with one attached hydrogen (secondary N) is 2. The van der Waals surface area contributed by atoms with Gasteiger partial charge < -0.3 is 9.84 Å². The summed E-state index contributed by atoms with van der Waals surface area (Å²) in [6, 6.07) is 16.5. The van der Waals surface area contributed by atoms with Crippen LogP contribution in [0.15, 0.2) is 69.3 Å². The summed E-state index contributed by atoms with van der Waals surface area (Å²) in [6.45, 7) is 2.53. The number of anilines is 1. The van der Waals surface area contributed by atoms with Gasteiger partial charge in [-0.15, -0.1) is 0 Å². The van der Waals surface area contributed by atoms with Crippen molar-refractivity contribution in [3.63, 3.8) is 0 Å². The molecule has 0 amide bonds. The molecule has 4 rings (SSSR count). The summed E-state index contributed by atoms with van der Waals surface area (Å²) in [5.41, 5.74) is 3.51. The van der Waals surface area contributed by atoms with Gasteiger partial charge in [0.2, 0.25) is 5.95 Å². The van der Waals surface area contributed by atoms with Gasteiger partial charge in [0.05, 0.1) is 25.5 Å². The Balaban J connectivity index is 1.68. The van der Waals surface area contributed by atoms with Crippen LogP contribution in [0.2, 0.25) is 0 Å². The van der Waals surface area contributed by atoms with Crippen molar-refractivity contribution in [2.75, 3.05) is 12.0 Å². The number of aliphatic hydroxyl groups excluding tert-OH is 1. The highest BCUT2D eigenvalue weighted by Crippen LogP contribution is 2.21. The largest absolute Gasteiger partial charge is 0.494 e. The summed E-state index contributed by atoms with van der Waals surface area (Å²) in [7, 11) is 1.51. The maximum atomic E-state index is 12.6. The van der Waals surface area contributed by atoms with Gasteiger partial charge in [-0.3, -0.25) is 18.9 Å². The number of hydrogen-bond donors (Lipinski definition) is 3. The van der Waals surface area contributed by atoms with Gasteiger partial charge in [-0.2, -0.15) is 10.1 Å². The Morgan fingerprint density at radius 2 is 1.91 bits per heavy atom. The van der Waals surface area contributed by atoms with Crippen molar-refractivity contribution in [2.45, 2.75) is 19.6 Å². The molecule has 1 atom stereocenters. The Bertz CT molecular complexity index is 1390. The van der Waals surface area contributed by atoms with E-state index in [4.69, 9.17) is 4.74 Å². The van der Waals surface area contributed by atoms with Crippen LogP contribution in [0, 0.1) is 0 Å². The fraction of sp³-hybridized carbons (Fsp3) is 0.217. The van der Waals surface area contributed by atoms with E-state index >= 15 is 0 Å². The van der Waals surface area contributed by atoms with E-state index in [1.165, 1.54) is 16.2 Å². The van der Waals surface area contributed by atoms with Crippen molar-refractivity contribution in [3.05, 3.63) is 86.6 Å². The number of imidazole rings is 1. The van der Waals surface area contributed by atoms with Crippen LogP contribution in [-0.2, 0) is 13.6 Å². The predicted octanol–water partition coefficient (Wildman–Crippen LogP) is 2.00. The van der Waals surface area contributed by atoms with Gasteiger partial charge in [0.1, 0.15) is 5.75 Å². The molecule has 0 saturated heterocycles. The average molecular weight is 448 g/mol. The van der Waals surface area contributed by atoms with Gasteiger partial charge in [-0.25, -0.2) is 10.2 Å². The lowest BCUT2D eigenvalue weighted by Gasteiger charge is -2.14. The van der Waals surface area contributed by atoms with E-state index < -0.39 is 17.4 Å². The summed E-state index contributed by atoms with van der Waals surface area (Å²) >= 11 is 0. The van der Waals surface area contributed by atoms with Crippen molar-refractivity contribution in [3.8, 4) is 5.75 Å². The minimum absolute atomic E-state index is 0.0305. The van der Waals surface area contributed by atoms with Crippen molar-refractivity contribution in [2.24, 2.45) is 12.1 Å². The second-order valence-corrected chi connectivity index (χ2v) is 7.34. The van der Waals surface area contributed by atoms with Gasteiger partial charge in [0.25, 0.3) is 5.56 Å². The molecular weight excluding hydrogens is 424 g/mol. The van der Waals surface area contributed by atoms with E-state index in [0.717, 1.165) is 11.3 Å². The SMILES string of the molecule is CCOc1ccc(/C=N/Nc2nc3c(c(=O)[nH]c(=O)n3C)n2CC(O)c2ccccc2)cc1. The van der Waals surface area contributed by atoms with Gasteiger partial charge in [-0.1, -0.05) is 30.3 Å². The first-order chi connectivity index (χ1) is 16.0. The van der Waals surface area contributed by atoms with Crippen LogP contribution in [0.5, 0.6) is 5.75 Å². The summed E-state index contributed by atoms with van der Waals surface area (Å²) in [4.78, 5) is 31.3. The highest BCUT2D eigenvalue weighted by molar-refractivity contribution is 5.80. The maximum Gasteiger partial charge on any atom is 0.329 e. The van der Waals surface area contributed by atoms with Gasteiger partial charge in [0.15, 0.2) is 11.2 Å². The van der Waals surface area contributed by atoms with Crippen LogP contribution < -0.4 is 21.4 Å². The number of ether oxygens (including phenoxy) is 1. The summed E-state index contributed by atoms with van der Waals surface area (Å²) in [5, 5.41) is 15.0. The molecule has 2 aromatic heterocycles. The second-order valence-electron chi connectivity index (χ2n) is 7.34. The van der Waals surface area contributed by atoms with Crippen LogP contribution in [0.25, 0.3) is 11.2 Å². The zero-order chi connectivity index (χ0) is 23.4. The molecule has 10 heteroatoms. The molecule has 0 spiro atoms. The van der Waals surface area contributed by atoms with E-state index in [1.54, 1.807) is 18.3 Å². The smallest absolute Gasteiger partial charge is 0.329 e. The lowest BCUT2D eigenvalue weighted by atomic mass is 10.1. The Kier molecular flexibility index (Phi) is 6.36. The van der Waals surface area contributed by atoms with Crippen molar-refractivity contribution < 1.29 is 9.84 Å². The van der Waals surface area contributed by atoms with Gasteiger partial charge >= 0.3 is 5.69 Å². The van der Waals surface area contributed by atoms with Crippen LogP contribution in [-0.4, -0.2) is 37.0 Å². The normalized spacial score (nSPS) is 12.3. The number of aliphatic hydroxyl groups is 1. The molecule has 4 aromatic rings. The number of fused-ring (bicyclic) bond motifs is 1. The first-order valence-electron chi connectivity index (χ1n) is 10.4. The standard InChI is InChI=1S/C23H24N6O4/c1-3-33-17-11-9-15(10-12-17)13-24-27-22-25-20-19(21(31)26-23(32)28(20)2)29(22)14-18(30)16-7-5-4-6-8-16/h4-13,18,30H,3,14H2,1-2H3,(H,25,27)(H,26,31,32)/b24-13+. The van der Waals surface area contributed by atoms with E-state index in [2.05, 4.69) is 20.5 Å². The van der Waals surface area contributed by atoms with Crippen molar-refractivity contribution in [1.82, 2.24) is 19.1 Å². The highest BCUT2D eigenvalue weighted by Gasteiger charge is 2.20. The molecule has 0 saturated carbocycles. The summed E-state index contributed by atoms with van der Waals surface area (Å²) < 4.78 is 8.19. The van der Waals surface area contributed by atoms with Crippen LogP contribution in [0.4, 0.5) is 5.95 Å². The molecule has 170 valence electrons. The second kappa shape index (κ2) is 9.53. The number of aromatic nitrogens is 4. The van der Waals surface area contributed by atoms with Gasteiger partial charge in [-0.05, 0) is 42.3 Å². The highest BCUT2D eigenvalue weighted by atomic mass is 16.5. The monoisotopic (exact) mass is 448 g/mol.